The molecule has 0 aliphatic rings. The molecule has 1 aromatic carbocycles. The van der Waals surface area contributed by atoms with Crippen LogP contribution < -0.4 is 11.1 Å². The number of rotatable bonds is 9. The number of aromatic amines is 1. The number of aromatic nitrogens is 4. The number of aliphatic hydroxyl groups is 1. The van der Waals surface area contributed by atoms with Gasteiger partial charge in [0.25, 0.3) is 0 Å². The van der Waals surface area contributed by atoms with Crippen LogP contribution >= 0.6 is 11.8 Å². The molecule has 9 nitrogen and oxygen atoms in total. The van der Waals surface area contributed by atoms with E-state index in [2.05, 4.69) is 37.6 Å². The van der Waals surface area contributed by atoms with Crippen LogP contribution in [0.15, 0.2) is 53.7 Å². The van der Waals surface area contributed by atoms with E-state index in [0.29, 0.717) is 46.3 Å². The number of nitriles is 2. The van der Waals surface area contributed by atoms with E-state index < -0.39 is 0 Å². The number of thioether (sulfide) groups is 1. The van der Waals surface area contributed by atoms with E-state index in [9.17, 15) is 14.9 Å². The number of H-pyrrole nitrogens is 1. The monoisotopic (exact) mass is 500 g/mol. The number of nitrogen functional groups attached to an aromatic ring is 1. The zero-order valence-electron chi connectivity index (χ0n) is 19.0. The lowest BCUT2D eigenvalue weighted by Crippen LogP contribution is -2.04. The summed E-state index contributed by atoms with van der Waals surface area (Å²) in [4.78, 5) is 8.72. The number of hydrogen-bond donors (Lipinski definition) is 4. The van der Waals surface area contributed by atoms with E-state index in [1.165, 1.54) is 23.9 Å². The highest BCUT2D eigenvalue weighted by molar-refractivity contribution is 7.98. The van der Waals surface area contributed by atoms with Gasteiger partial charge in [0.15, 0.2) is 5.82 Å². The van der Waals surface area contributed by atoms with E-state index in [1.54, 1.807) is 36.5 Å². The number of anilines is 3. The molecule has 0 amide bonds. The molecule has 0 atom stereocenters. The third-order valence-electron chi connectivity index (χ3n) is 5.23. The van der Waals surface area contributed by atoms with Gasteiger partial charge in [-0.15, -0.1) is 0 Å². The number of hydrogen-bond acceptors (Lipinski definition) is 9. The number of nitrogens with two attached hydrogens (primary N) is 1. The molecule has 180 valence electrons. The Hall–Kier alpha value is -4.45. The van der Waals surface area contributed by atoms with Crippen LogP contribution in [0, 0.1) is 28.5 Å². The molecule has 3 heterocycles. The maximum Gasteiger partial charge on any atom is 0.152 e. The van der Waals surface area contributed by atoms with Gasteiger partial charge in [-0.25, -0.2) is 9.37 Å². The second kappa shape index (κ2) is 11.3. The normalized spacial score (nSPS) is 10.6. The first kappa shape index (κ1) is 24.7. The van der Waals surface area contributed by atoms with Gasteiger partial charge in [-0.1, -0.05) is 17.8 Å². The van der Waals surface area contributed by atoms with Gasteiger partial charge in [0.2, 0.25) is 0 Å². The Balaban J connectivity index is 1.57. The molecule has 3 aromatic heterocycles. The van der Waals surface area contributed by atoms with Crippen LogP contribution in [0.3, 0.4) is 0 Å². The summed E-state index contributed by atoms with van der Waals surface area (Å²) in [5.41, 5.74) is 9.67. The first-order valence-electron chi connectivity index (χ1n) is 10.9. The van der Waals surface area contributed by atoms with Crippen molar-refractivity contribution in [1.29, 1.82) is 10.5 Å². The molecule has 36 heavy (non-hydrogen) atoms. The molecule has 5 N–H and O–H groups in total. The van der Waals surface area contributed by atoms with E-state index in [0.717, 1.165) is 11.4 Å². The molecule has 0 radical (unpaired) electrons. The van der Waals surface area contributed by atoms with Gasteiger partial charge in [0, 0.05) is 52.8 Å². The Labute approximate surface area is 210 Å². The standard InChI is InChI=1S/C25H21FN8OS/c26-16-4-7-18(8-5-16)31-22-10-19(33-34-22)14-36-25-21(12-28)23(20(11-27)24(29)32-25)15-3-6-17(30-13-15)2-1-9-35/h3-8,10,13,35H,1-2,9,14H2,(H2,29,32)(H2,31,33,34). The number of aliphatic hydroxyl groups excluding tert-OH is 1. The van der Waals surface area contributed by atoms with Crippen LogP contribution in [0.2, 0.25) is 0 Å². The van der Waals surface area contributed by atoms with Crippen LogP contribution in [-0.2, 0) is 12.2 Å². The Morgan fingerprint density at radius 2 is 1.89 bits per heavy atom. The van der Waals surface area contributed by atoms with Gasteiger partial charge in [0.1, 0.15) is 34.4 Å². The van der Waals surface area contributed by atoms with E-state index in [1.807, 2.05) is 0 Å². The first-order valence-corrected chi connectivity index (χ1v) is 11.9. The Morgan fingerprint density at radius 3 is 2.56 bits per heavy atom. The second-order valence-corrected chi connectivity index (χ2v) is 8.68. The second-order valence-electron chi connectivity index (χ2n) is 7.72. The van der Waals surface area contributed by atoms with Crippen molar-refractivity contribution in [3.8, 4) is 23.3 Å². The maximum absolute atomic E-state index is 13.1. The highest BCUT2D eigenvalue weighted by atomic mass is 32.2. The zero-order valence-corrected chi connectivity index (χ0v) is 19.8. The van der Waals surface area contributed by atoms with Crippen LogP contribution in [-0.4, -0.2) is 31.9 Å². The quantitative estimate of drug-likeness (QED) is 0.246. The summed E-state index contributed by atoms with van der Waals surface area (Å²) >= 11 is 1.28. The fourth-order valence-corrected chi connectivity index (χ4v) is 4.39. The van der Waals surface area contributed by atoms with Gasteiger partial charge in [-0.3, -0.25) is 10.1 Å². The first-order chi connectivity index (χ1) is 17.5. The minimum atomic E-state index is -0.324. The third kappa shape index (κ3) is 5.61. The summed E-state index contributed by atoms with van der Waals surface area (Å²) in [5.74, 6) is 0.665. The van der Waals surface area contributed by atoms with Crippen molar-refractivity contribution >= 4 is 29.1 Å². The molecule has 4 rings (SSSR count). The number of halogens is 1. The molecule has 0 bridgehead atoms. The highest BCUT2D eigenvalue weighted by Crippen LogP contribution is 2.36. The van der Waals surface area contributed by atoms with Crippen molar-refractivity contribution in [2.45, 2.75) is 23.6 Å². The van der Waals surface area contributed by atoms with Gasteiger partial charge >= 0.3 is 0 Å². The topological polar surface area (TPSA) is 160 Å². The summed E-state index contributed by atoms with van der Waals surface area (Å²) in [6.07, 6.45) is 2.81. The van der Waals surface area contributed by atoms with Crippen LogP contribution in [0.1, 0.15) is 28.9 Å². The SMILES string of the molecule is N#Cc1c(N)nc(SCc2cc(Nc3ccc(F)cc3)n[nH]2)c(C#N)c1-c1ccc(CCCO)nc1. The van der Waals surface area contributed by atoms with Gasteiger partial charge in [0.05, 0.1) is 5.56 Å². The van der Waals surface area contributed by atoms with E-state index in [-0.39, 0.29) is 29.4 Å². The predicted octanol–water partition coefficient (Wildman–Crippen LogP) is 4.29. The van der Waals surface area contributed by atoms with Crippen LogP contribution in [0.5, 0.6) is 0 Å². The lowest BCUT2D eigenvalue weighted by molar-refractivity contribution is 0.288. The molecule has 0 spiro atoms. The van der Waals surface area contributed by atoms with Crippen molar-refractivity contribution in [3.63, 3.8) is 0 Å². The molecular weight excluding hydrogens is 479 g/mol. The molecule has 0 unspecified atom stereocenters. The number of benzene rings is 1. The van der Waals surface area contributed by atoms with Crippen LogP contribution in [0.4, 0.5) is 21.7 Å². The summed E-state index contributed by atoms with van der Waals surface area (Å²) < 4.78 is 13.1. The van der Waals surface area contributed by atoms with Crippen molar-refractivity contribution in [2.75, 3.05) is 17.7 Å². The Kier molecular flexibility index (Phi) is 7.75. The summed E-state index contributed by atoms with van der Waals surface area (Å²) in [7, 11) is 0. The molecule has 0 saturated heterocycles. The molecule has 0 saturated carbocycles. The summed E-state index contributed by atoms with van der Waals surface area (Å²) in [5, 5.41) is 39.3. The predicted molar refractivity (Wildman–Crippen MR) is 135 cm³/mol. The Morgan fingerprint density at radius 1 is 1.11 bits per heavy atom. The van der Waals surface area contributed by atoms with Gasteiger partial charge < -0.3 is 16.2 Å². The molecule has 0 aliphatic heterocycles. The largest absolute Gasteiger partial charge is 0.396 e. The average molecular weight is 501 g/mol. The lowest BCUT2D eigenvalue weighted by Gasteiger charge is -2.13. The number of pyridine rings is 2. The van der Waals surface area contributed by atoms with Gasteiger partial charge in [-0.05, 0) is 43.2 Å². The number of nitrogens with zero attached hydrogens (tertiary/aromatic N) is 5. The molecular formula is C25H21FN8OS. The fourth-order valence-electron chi connectivity index (χ4n) is 3.50. The fraction of sp³-hybridized carbons (Fsp3) is 0.160. The van der Waals surface area contributed by atoms with Crippen molar-refractivity contribution in [2.24, 2.45) is 0 Å². The van der Waals surface area contributed by atoms with Crippen LogP contribution in [0.25, 0.3) is 11.1 Å². The van der Waals surface area contributed by atoms with Crippen molar-refractivity contribution < 1.29 is 9.50 Å². The maximum atomic E-state index is 13.1. The molecule has 0 fully saturated rings. The van der Waals surface area contributed by atoms with Gasteiger partial charge in [-0.2, -0.15) is 15.6 Å². The van der Waals surface area contributed by atoms with Crippen molar-refractivity contribution in [3.05, 3.63) is 77.0 Å². The molecule has 0 aliphatic carbocycles. The lowest BCUT2D eigenvalue weighted by atomic mass is 9.98. The minimum absolute atomic E-state index is 0.0293. The highest BCUT2D eigenvalue weighted by Gasteiger charge is 2.21. The Bertz CT molecular complexity index is 1440. The smallest absolute Gasteiger partial charge is 0.152 e. The van der Waals surface area contributed by atoms with E-state index in [4.69, 9.17) is 10.8 Å². The zero-order chi connectivity index (χ0) is 25.5. The minimum Gasteiger partial charge on any atom is -0.396 e. The van der Waals surface area contributed by atoms with Crippen molar-refractivity contribution in [1.82, 2.24) is 20.2 Å². The van der Waals surface area contributed by atoms with E-state index >= 15 is 0 Å². The summed E-state index contributed by atoms with van der Waals surface area (Å²) in [6, 6.07) is 15.5. The molecule has 4 aromatic rings. The third-order valence-corrected chi connectivity index (χ3v) is 6.26. The molecule has 11 heteroatoms. The average Bonchev–Trinajstić information content (AvgIpc) is 3.34. The summed E-state index contributed by atoms with van der Waals surface area (Å²) in [6.45, 7) is 0.0716. The number of aryl methyl sites for hydroxylation is 1. The number of nitrogens with one attached hydrogen (secondary N) is 2.